The van der Waals surface area contributed by atoms with Crippen LogP contribution in [0.1, 0.15) is 32.3 Å². The summed E-state index contributed by atoms with van der Waals surface area (Å²) in [5.74, 6) is 0.299. The van der Waals surface area contributed by atoms with Gasteiger partial charge in [-0.1, -0.05) is 50.6 Å². The molecule has 0 aromatic heterocycles. The van der Waals surface area contributed by atoms with E-state index in [1.807, 2.05) is 44.2 Å². The van der Waals surface area contributed by atoms with Crippen molar-refractivity contribution in [1.29, 1.82) is 5.26 Å². The third-order valence-electron chi connectivity index (χ3n) is 3.38. The van der Waals surface area contributed by atoms with Gasteiger partial charge < -0.3 is 15.2 Å². The highest BCUT2D eigenvalue weighted by Crippen LogP contribution is 2.13. The van der Waals surface area contributed by atoms with Crippen molar-refractivity contribution in [2.24, 2.45) is 5.92 Å². The fourth-order valence-electron chi connectivity index (χ4n) is 1.87. The van der Waals surface area contributed by atoms with Crippen LogP contribution in [0.4, 0.5) is 4.79 Å². The molecular formula is C16H22N2O3. The number of benzene rings is 1. The second-order valence-electron chi connectivity index (χ2n) is 5.14. The van der Waals surface area contributed by atoms with Crippen LogP contribution in [0.2, 0.25) is 0 Å². The number of amides is 1. The van der Waals surface area contributed by atoms with E-state index in [0.29, 0.717) is 12.3 Å². The first-order valence-corrected chi connectivity index (χ1v) is 7.11. The Hall–Kier alpha value is -2.06. The van der Waals surface area contributed by atoms with Gasteiger partial charge in [-0.15, -0.1) is 0 Å². The number of rotatable bonds is 7. The number of aliphatic hydroxyl groups is 1. The molecule has 3 atom stereocenters. The minimum Gasteiger partial charge on any atom is -0.445 e. The molecule has 0 fully saturated rings. The minimum atomic E-state index is -1.23. The van der Waals surface area contributed by atoms with Crippen LogP contribution in [-0.2, 0) is 11.3 Å². The summed E-state index contributed by atoms with van der Waals surface area (Å²) in [6.45, 7) is 4.19. The van der Waals surface area contributed by atoms with E-state index in [2.05, 4.69) is 5.32 Å². The Morgan fingerprint density at radius 3 is 2.67 bits per heavy atom. The summed E-state index contributed by atoms with van der Waals surface area (Å²) in [5.41, 5.74) is 0.881. The maximum Gasteiger partial charge on any atom is 0.407 e. The van der Waals surface area contributed by atoms with Crippen molar-refractivity contribution in [3.8, 4) is 6.07 Å². The lowest BCUT2D eigenvalue weighted by Gasteiger charge is -2.22. The molecule has 1 aromatic carbocycles. The number of nitrogens with one attached hydrogen (secondary N) is 1. The number of nitriles is 1. The van der Waals surface area contributed by atoms with Crippen LogP contribution in [0.5, 0.6) is 0 Å². The number of carbonyl (C=O) groups is 1. The standard InChI is InChI=1S/C16H22N2O3/c1-3-12(2)9-14(15(19)10-17)18-16(20)21-11-13-7-5-4-6-8-13/h4-8,12,14-15,19H,3,9,11H2,1-2H3,(H,18,20)/t12?,14-,15?/m1/s1. The molecule has 0 aliphatic rings. The molecule has 1 aromatic rings. The van der Waals surface area contributed by atoms with Crippen LogP contribution < -0.4 is 5.32 Å². The molecule has 2 unspecified atom stereocenters. The van der Waals surface area contributed by atoms with E-state index in [-0.39, 0.29) is 6.61 Å². The Morgan fingerprint density at radius 2 is 2.10 bits per heavy atom. The Labute approximate surface area is 125 Å². The zero-order valence-corrected chi connectivity index (χ0v) is 12.5. The van der Waals surface area contributed by atoms with Crippen molar-refractivity contribution >= 4 is 6.09 Å². The highest BCUT2D eigenvalue weighted by Gasteiger charge is 2.23. The summed E-state index contributed by atoms with van der Waals surface area (Å²) >= 11 is 0. The molecule has 0 heterocycles. The van der Waals surface area contributed by atoms with Crippen LogP contribution in [0, 0.1) is 17.2 Å². The second kappa shape index (κ2) is 8.98. The van der Waals surface area contributed by atoms with Gasteiger partial charge in [-0.2, -0.15) is 5.26 Å². The second-order valence-corrected chi connectivity index (χ2v) is 5.14. The van der Waals surface area contributed by atoms with Gasteiger partial charge >= 0.3 is 6.09 Å². The summed E-state index contributed by atoms with van der Waals surface area (Å²) in [4.78, 5) is 11.8. The third-order valence-corrected chi connectivity index (χ3v) is 3.38. The molecule has 1 rings (SSSR count). The van der Waals surface area contributed by atoms with Crippen molar-refractivity contribution in [2.75, 3.05) is 0 Å². The van der Waals surface area contributed by atoms with Gasteiger partial charge in [-0.05, 0) is 17.9 Å². The lowest BCUT2D eigenvalue weighted by Crippen LogP contribution is -2.44. The number of aliphatic hydroxyl groups excluding tert-OH is 1. The zero-order chi connectivity index (χ0) is 15.7. The van der Waals surface area contributed by atoms with Crippen molar-refractivity contribution in [1.82, 2.24) is 5.32 Å². The van der Waals surface area contributed by atoms with Crippen LogP contribution in [0.25, 0.3) is 0 Å². The molecule has 1 amide bonds. The van der Waals surface area contributed by atoms with Gasteiger partial charge in [0.25, 0.3) is 0 Å². The molecule has 5 heteroatoms. The summed E-state index contributed by atoms with van der Waals surface area (Å²) in [6.07, 6.45) is -0.411. The summed E-state index contributed by atoms with van der Waals surface area (Å²) in [5, 5.41) is 21.1. The lowest BCUT2D eigenvalue weighted by molar-refractivity contribution is 0.114. The van der Waals surface area contributed by atoms with Crippen molar-refractivity contribution in [2.45, 2.75) is 45.4 Å². The minimum absolute atomic E-state index is 0.158. The van der Waals surface area contributed by atoms with Gasteiger partial charge in [0.05, 0.1) is 12.1 Å². The van der Waals surface area contributed by atoms with Gasteiger partial charge in [-0.25, -0.2) is 4.79 Å². The molecule has 0 bridgehead atoms. The number of alkyl carbamates (subject to hydrolysis) is 1. The predicted octanol–water partition coefficient (Wildman–Crippen LogP) is 2.60. The summed E-state index contributed by atoms with van der Waals surface area (Å²) < 4.78 is 5.10. The van der Waals surface area contributed by atoms with E-state index in [4.69, 9.17) is 10.00 Å². The number of hydrogen-bond donors (Lipinski definition) is 2. The van der Waals surface area contributed by atoms with Crippen LogP contribution in [0.3, 0.4) is 0 Å². The van der Waals surface area contributed by atoms with Gasteiger partial charge in [-0.3, -0.25) is 0 Å². The van der Waals surface area contributed by atoms with Gasteiger partial charge in [0.2, 0.25) is 0 Å². The predicted molar refractivity (Wildman–Crippen MR) is 79.2 cm³/mol. The molecule has 21 heavy (non-hydrogen) atoms. The summed E-state index contributed by atoms with van der Waals surface area (Å²) in [6, 6.07) is 10.5. The Balaban J connectivity index is 2.50. The van der Waals surface area contributed by atoms with E-state index in [9.17, 15) is 9.90 Å². The van der Waals surface area contributed by atoms with Gasteiger partial charge in [0.1, 0.15) is 6.61 Å². The van der Waals surface area contributed by atoms with E-state index >= 15 is 0 Å². The molecule has 5 nitrogen and oxygen atoms in total. The number of ether oxygens (including phenoxy) is 1. The number of hydrogen-bond acceptors (Lipinski definition) is 4. The molecular weight excluding hydrogens is 268 g/mol. The SMILES string of the molecule is CCC(C)C[C@@H](NC(=O)OCc1ccccc1)C(O)C#N. The monoisotopic (exact) mass is 290 g/mol. The highest BCUT2D eigenvalue weighted by molar-refractivity contribution is 5.67. The molecule has 0 aliphatic heterocycles. The maximum atomic E-state index is 11.8. The largest absolute Gasteiger partial charge is 0.445 e. The fraction of sp³-hybridized carbons (Fsp3) is 0.500. The smallest absolute Gasteiger partial charge is 0.407 e. The number of nitrogens with zero attached hydrogens (tertiary/aromatic N) is 1. The normalized spacial score (nSPS) is 14.6. The zero-order valence-electron chi connectivity index (χ0n) is 12.5. The van der Waals surface area contributed by atoms with Gasteiger partial charge in [0.15, 0.2) is 6.10 Å². The Bertz CT molecular complexity index is 470. The molecule has 114 valence electrons. The van der Waals surface area contributed by atoms with E-state index in [1.54, 1.807) is 6.07 Å². The first-order valence-electron chi connectivity index (χ1n) is 7.11. The van der Waals surface area contributed by atoms with Gasteiger partial charge in [0, 0.05) is 0 Å². The van der Waals surface area contributed by atoms with E-state index < -0.39 is 18.2 Å². The van der Waals surface area contributed by atoms with Crippen molar-refractivity contribution in [3.05, 3.63) is 35.9 Å². The van der Waals surface area contributed by atoms with E-state index in [1.165, 1.54) is 0 Å². The van der Waals surface area contributed by atoms with E-state index in [0.717, 1.165) is 12.0 Å². The topological polar surface area (TPSA) is 82.3 Å². The first kappa shape index (κ1) is 17.0. The Morgan fingerprint density at radius 1 is 1.43 bits per heavy atom. The van der Waals surface area contributed by atoms with Crippen LogP contribution >= 0.6 is 0 Å². The first-order chi connectivity index (χ1) is 10.1. The van der Waals surface area contributed by atoms with Crippen LogP contribution in [0.15, 0.2) is 30.3 Å². The summed E-state index contributed by atoms with van der Waals surface area (Å²) in [7, 11) is 0. The Kier molecular flexibility index (Phi) is 7.27. The quantitative estimate of drug-likeness (QED) is 0.756. The van der Waals surface area contributed by atoms with Crippen molar-refractivity contribution < 1.29 is 14.6 Å². The average Bonchev–Trinajstić information content (AvgIpc) is 2.52. The molecule has 2 N–H and O–H groups in total. The molecule has 0 aliphatic carbocycles. The molecule has 0 saturated carbocycles. The fourth-order valence-corrected chi connectivity index (χ4v) is 1.87. The number of carbonyl (C=O) groups excluding carboxylic acids is 1. The third kappa shape index (κ3) is 6.28. The maximum absolute atomic E-state index is 11.8. The molecule has 0 spiro atoms. The highest BCUT2D eigenvalue weighted by atomic mass is 16.5. The van der Waals surface area contributed by atoms with Crippen LogP contribution in [-0.4, -0.2) is 23.3 Å². The lowest BCUT2D eigenvalue weighted by atomic mass is 9.96. The average molecular weight is 290 g/mol. The molecule has 0 radical (unpaired) electrons. The molecule has 0 saturated heterocycles. The van der Waals surface area contributed by atoms with Crippen molar-refractivity contribution in [3.63, 3.8) is 0 Å².